The molecular formula is C38H37ClN4O5S. The highest BCUT2D eigenvalue weighted by atomic mass is 35.5. The van der Waals surface area contributed by atoms with Gasteiger partial charge in [-0.25, -0.2) is 4.90 Å². The monoisotopic (exact) mass is 696 g/mol. The summed E-state index contributed by atoms with van der Waals surface area (Å²) in [4.78, 5) is 61.0. The first-order valence-electron chi connectivity index (χ1n) is 16.6. The number of hydrogen-bond acceptors (Lipinski definition) is 7. The lowest BCUT2D eigenvalue weighted by Gasteiger charge is -2.49. The fraction of sp³-hybridized carbons (Fsp3) is 0.395. The number of nitrogens with zero attached hydrogens (tertiary/aromatic N) is 4. The van der Waals surface area contributed by atoms with Crippen molar-refractivity contribution in [1.82, 2.24) is 14.7 Å². The van der Waals surface area contributed by atoms with Gasteiger partial charge >= 0.3 is 0 Å². The van der Waals surface area contributed by atoms with Crippen LogP contribution in [0.5, 0.6) is 5.75 Å². The Hall–Kier alpha value is -4.28. The third-order valence-electron chi connectivity index (χ3n) is 11.4. The van der Waals surface area contributed by atoms with Crippen LogP contribution in [0.15, 0.2) is 60.2 Å². The number of aromatic nitrogens is 2. The van der Waals surface area contributed by atoms with Crippen molar-refractivity contribution < 1.29 is 24.3 Å². The average Bonchev–Trinajstić information content (AvgIpc) is 3.70. The SMILES string of the molecule is Cc1c(-c2cc(N3C(=O)[C@@H]4C[C@@H]5C(=CC[C@@H]6C(=O)N(C(C)(C)C)C(=O)[C@@H]65)[C@H](c5cccc(O)c5)[C@]4(C)C3=O)n(C)n2)sc2ccc(Cl)cc12. The van der Waals surface area contributed by atoms with Crippen LogP contribution in [-0.2, 0) is 26.2 Å². The number of likely N-dealkylation sites (tertiary alicyclic amines) is 1. The molecule has 0 radical (unpaired) electrons. The summed E-state index contributed by atoms with van der Waals surface area (Å²) in [7, 11) is 1.73. The van der Waals surface area contributed by atoms with E-state index in [4.69, 9.17) is 16.7 Å². The summed E-state index contributed by atoms with van der Waals surface area (Å²) < 4.78 is 2.64. The van der Waals surface area contributed by atoms with Crippen molar-refractivity contribution in [2.45, 2.75) is 58.9 Å². The fourth-order valence-electron chi connectivity index (χ4n) is 9.19. The van der Waals surface area contributed by atoms with Crippen LogP contribution in [0, 0.1) is 36.0 Å². The van der Waals surface area contributed by atoms with Crippen molar-refractivity contribution in [1.29, 1.82) is 0 Å². The highest BCUT2D eigenvalue weighted by molar-refractivity contribution is 7.22. The number of anilines is 1. The molecule has 4 amide bonds. The van der Waals surface area contributed by atoms with Crippen LogP contribution in [0.1, 0.15) is 57.6 Å². The van der Waals surface area contributed by atoms with Gasteiger partial charge in [-0.15, -0.1) is 11.3 Å². The quantitative estimate of drug-likeness (QED) is 0.182. The molecule has 9 nitrogen and oxygen atoms in total. The van der Waals surface area contributed by atoms with Crippen molar-refractivity contribution >= 4 is 62.5 Å². The zero-order valence-electron chi connectivity index (χ0n) is 28.2. The lowest BCUT2D eigenvalue weighted by atomic mass is 9.51. The molecule has 4 aliphatic rings. The van der Waals surface area contributed by atoms with Crippen molar-refractivity contribution in [3.63, 3.8) is 0 Å². The number of carbonyl (C=O) groups is 4. The molecule has 4 heterocycles. The second-order valence-electron chi connectivity index (χ2n) is 15.1. The molecule has 1 N–H and O–H groups in total. The minimum Gasteiger partial charge on any atom is -0.508 e. The van der Waals surface area contributed by atoms with Gasteiger partial charge in [0.25, 0.3) is 0 Å². The van der Waals surface area contributed by atoms with E-state index < -0.39 is 40.5 Å². The molecule has 2 aliphatic carbocycles. The van der Waals surface area contributed by atoms with Crippen molar-refractivity contribution in [2.24, 2.45) is 36.1 Å². The first-order valence-corrected chi connectivity index (χ1v) is 17.8. The van der Waals surface area contributed by atoms with Gasteiger partial charge in [0.05, 0.1) is 28.0 Å². The Morgan fingerprint density at radius 1 is 1.00 bits per heavy atom. The van der Waals surface area contributed by atoms with Crippen molar-refractivity contribution in [3.05, 3.63) is 76.3 Å². The number of carbonyl (C=O) groups excluding carboxylic acids is 4. The van der Waals surface area contributed by atoms with E-state index in [1.165, 1.54) is 9.80 Å². The molecule has 2 aromatic carbocycles. The molecule has 2 saturated heterocycles. The maximum absolute atomic E-state index is 14.9. The number of thiophene rings is 1. The summed E-state index contributed by atoms with van der Waals surface area (Å²) in [5, 5.41) is 17.0. The van der Waals surface area contributed by atoms with Gasteiger partial charge in [0, 0.05) is 34.3 Å². The number of aryl methyl sites for hydroxylation is 2. The molecule has 2 aliphatic heterocycles. The van der Waals surface area contributed by atoms with Crippen LogP contribution in [0.25, 0.3) is 20.7 Å². The lowest BCUT2D eigenvalue weighted by Crippen LogP contribution is -2.49. The van der Waals surface area contributed by atoms with E-state index in [1.807, 2.05) is 65.0 Å². The van der Waals surface area contributed by atoms with E-state index in [2.05, 4.69) is 0 Å². The highest BCUT2D eigenvalue weighted by Gasteiger charge is 2.68. The van der Waals surface area contributed by atoms with E-state index >= 15 is 0 Å². The van der Waals surface area contributed by atoms with Gasteiger partial charge in [-0.3, -0.25) is 28.8 Å². The molecule has 0 bridgehead atoms. The Morgan fingerprint density at radius 3 is 2.47 bits per heavy atom. The summed E-state index contributed by atoms with van der Waals surface area (Å²) in [6.07, 6.45) is 2.66. The Morgan fingerprint density at radius 2 is 1.76 bits per heavy atom. The average molecular weight is 697 g/mol. The van der Waals surface area contributed by atoms with E-state index in [-0.39, 0.29) is 35.8 Å². The summed E-state index contributed by atoms with van der Waals surface area (Å²) in [6, 6.07) is 14.4. The van der Waals surface area contributed by atoms with Crippen LogP contribution in [0.3, 0.4) is 0 Å². The molecule has 3 fully saturated rings. The number of allylic oxidation sites excluding steroid dienone is 2. The Balaban J connectivity index is 1.25. The smallest absolute Gasteiger partial charge is 0.242 e. The second-order valence-corrected chi connectivity index (χ2v) is 16.6. The molecule has 0 unspecified atom stereocenters. The largest absolute Gasteiger partial charge is 0.508 e. The summed E-state index contributed by atoms with van der Waals surface area (Å²) >= 11 is 7.87. The minimum absolute atomic E-state index is 0.0463. The number of fused-ring (bicyclic) bond motifs is 5. The molecule has 49 heavy (non-hydrogen) atoms. The van der Waals surface area contributed by atoms with Crippen LogP contribution in [-0.4, -0.2) is 49.0 Å². The van der Waals surface area contributed by atoms with Crippen LogP contribution >= 0.6 is 22.9 Å². The number of amides is 4. The number of phenols is 1. The molecule has 4 aromatic rings. The number of aromatic hydroxyl groups is 1. The van der Waals surface area contributed by atoms with Gasteiger partial charge in [-0.2, -0.15) is 5.10 Å². The predicted molar refractivity (Wildman–Crippen MR) is 188 cm³/mol. The number of imide groups is 2. The summed E-state index contributed by atoms with van der Waals surface area (Å²) in [6.45, 7) is 9.43. The molecular weight excluding hydrogens is 660 g/mol. The zero-order valence-corrected chi connectivity index (χ0v) is 29.7. The topological polar surface area (TPSA) is 113 Å². The van der Waals surface area contributed by atoms with Crippen molar-refractivity contribution in [2.75, 3.05) is 4.90 Å². The molecule has 2 aromatic heterocycles. The Kier molecular flexibility index (Phi) is 6.92. The highest BCUT2D eigenvalue weighted by Crippen LogP contribution is 2.64. The van der Waals surface area contributed by atoms with E-state index in [0.717, 1.165) is 26.1 Å². The molecule has 8 rings (SSSR count). The van der Waals surface area contributed by atoms with Crippen LogP contribution in [0.4, 0.5) is 5.82 Å². The molecule has 1 saturated carbocycles. The first-order chi connectivity index (χ1) is 23.1. The molecule has 11 heteroatoms. The first kappa shape index (κ1) is 32.0. The zero-order chi connectivity index (χ0) is 34.9. The Bertz CT molecular complexity index is 2180. The lowest BCUT2D eigenvalue weighted by molar-refractivity contribution is -0.145. The maximum Gasteiger partial charge on any atom is 0.242 e. The number of benzene rings is 2. The maximum atomic E-state index is 14.9. The molecule has 0 spiro atoms. The molecule has 6 atom stereocenters. The number of phenolic OH excluding ortho intramolecular Hbond substituents is 1. The van der Waals surface area contributed by atoms with E-state index in [1.54, 1.807) is 47.3 Å². The van der Waals surface area contributed by atoms with Gasteiger partial charge in [-0.1, -0.05) is 35.4 Å². The van der Waals surface area contributed by atoms with Gasteiger partial charge in [0.2, 0.25) is 23.6 Å². The van der Waals surface area contributed by atoms with E-state index in [9.17, 15) is 24.3 Å². The summed E-state index contributed by atoms with van der Waals surface area (Å²) in [5.74, 6) is -3.62. The fourth-order valence-corrected chi connectivity index (χ4v) is 10.5. The van der Waals surface area contributed by atoms with Gasteiger partial charge in [0.1, 0.15) is 17.3 Å². The van der Waals surface area contributed by atoms with Crippen molar-refractivity contribution in [3.8, 4) is 16.3 Å². The normalized spacial score (nSPS) is 28.3. The molecule has 252 valence electrons. The van der Waals surface area contributed by atoms with Gasteiger partial charge in [0.15, 0.2) is 0 Å². The second kappa shape index (κ2) is 10.6. The third-order valence-corrected chi connectivity index (χ3v) is 12.9. The standard InChI is InChI=1S/C38H37ClN4O5S/c1-18-24-15-20(39)10-13-28(24)49-32(18)27-17-29(41(6)40-27)42-34(46)26-16-25-22(11-12-23-30(25)35(47)43(33(23)45)37(2,3)4)31(38(26,5)36(42)48)19-8-7-9-21(44)14-19/h7-11,13-15,17,23,25-26,30-31,44H,12,16H2,1-6H3/t23-,25+,26-,30-,31-,38+/m0/s1. The number of halogens is 1. The summed E-state index contributed by atoms with van der Waals surface area (Å²) in [5.41, 5.74) is 1.33. The van der Waals surface area contributed by atoms with Crippen LogP contribution < -0.4 is 4.90 Å². The third kappa shape index (κ3) is 4.39. The van der Waals surface area contributed by atoms with Crippen LogP contribution in [0.2, 0.25) is 5.02 Å². The van der Waals surface area contributed by atoms with Gasteiger partial charge < -0.3 is 5.11 Å². The minimum atomic E-state index is -1.22. The van der Waals surface area contributed by atoms with Gasteiger partial charge in [-0.05, 0) is 100 Å². The van der Waals surface area contributed by atoms with E-state index in [0.29, 0.717) is 28.5 Å². The number of rotatable bonds is 3. The number of hydrogen-bond donors (Lipinski definition) is 1. The predicted octanol–water partition coefficient (Wildman–Crippen LogP) is 7.00. The Labute approximate surface area is 293 Å².